The van der Waals surface area contributed by atoms with Crippen LogP contribution in [-0.4, -0.2) is 24.2 Å². The van der Waals surface area contributed by atoms with Crippen molar-refractivity contribution >= 4 is 11.6 Å². The van der Waals surface area contributed by atoms with Crippen LogP contribution in [0.25, 0.3) is 0 Å². The maximum Gasteiger partial charge on any atom is 0.471 e. The Bertz CT molecular complexity index is 593. The number of hydrogen-bond donors (Lipinski definition) is 0. The Labute approximate surface area is 114 Å². The van der Waals surface area contributed by atoms with E-state index < -0.39 is 12.1 Å². The second-order valence-corrected chi connectivity index (χ2v) is 5.83. The first kappa shape index (κ1) is 13.3. The average molecular weight is 285 g/mol. The number of halogens is 3. The summed E-state index contributed by atoms with van der Waals surface area (Å²) in [4.78, 5) is 12.2. The summed E-state index contributed by atoms with van der Waals surface area (Å²) >= 11 is 0. The molecule has 0 spiro atoms. The Kier molecular flexibility index (Phi) is 2.59. The van der Waals surface area contributed by atoms with Gasteiger partial charge in [-0.2, -0.15) is 13.2 Å². The summed E-state index contributed by atoms with van der Waals surface area (Å²) in [7, 11) is 0. The molecule has 1 aromatic carbocycles. The van der Waals surface area contributed by atoms with Crippen molar-refractivity contribution in [2.75, 3.05) is 11.4 Å². The molecule has 0 saturated heterocycles. The summed E-state index contributed by atoms with van der Waals surface area (Å²) in [5, 5.41) is 0. The van der Waals surface area contributed by atoms with E-state index in [1.54, 1.807) is 12.1 Å². The van der Waals surface area contributed by atoms with Gasteiger partial charge in [-0.1, -0.05) is 0 Å². The van der Waals surface area contributed by atoms with Gasteiger partial charge in [0.1, 0.15) is 11.4 Å². The Hall–Kier alpha value is -1.72. The fourth-order valence-corrected chi connectivity index (χ4v) is 2.85. The van der Waals surface area contributed by atoms with E-state index in [0.29, 0.717) is 18.5 Å². The van der Waals surface area contributed by atoms with Gasteiger partial charge in [-0.05, 0) is 38.0 Å². The van der Waals surface area contributed by atoms with E-state index in [2.05, 4.69) is 0 Å². The molecule has 0 aliphatic carbocycles. The van der Waals surface area contributed by atoms with Crippen LogP contribution in [0.1, 0.15) is 25.0 Å². The van der Waals surface area contributed by atoms with Gasteiger partial charge in [-0.25, -0.2) is 0 Å². The van der Waals surface area contributed by atoms with Gasteiger partial charge in [0.25, 0.3) is 0 Å². The standard InChI is InChI=1S/C14H14F3NO2/c1-13(2)7-9-5-10-8(6-11(9)20-13)3-4-18(10)12(19)14(15,16)17/h5-6H,3-4,7H2,1-2H3. The second kappa shape index (κ2) is 3.90. The number of carbonyl (C=O) groups excluding carboxylic acids is 1. The number of carbonyl (C=O) groups is 1. The minimum Gasteiger partial charge on any atom is -0.487 e. The molecule has 3 nitrogen and oxygen atoms in total. The number of alkyl halides is 3. The predicted molar refractivity (Wildman–Crippen MR) is 67.0 cm³/mol. The first-order valence-electron chi connectivity index (χ1n) is 6.41. The maximum absolute atomic E-state index is 12.6. The quantitative estimate of drug-likeness (QED) is 0.733. The SMILES string of the molecule is CC1(C)Cc2cc3c(cc2O1)CCN3C(=O)C(F)(F)F. The summed E-state index contributed by atoms with van der Waals surface area (Å²) in [6, 6.07) is 3.43. The molecule has 2 aliphatic heterocycles. The third kappa shape index (κ3) is 2.03. The van der Waals surface area contributed by atoms with Crippen LogP contribution in [0.4, 0.5) is 18.9 Å². The van der Waals surface area contributed by atoms with Gasteiger partial charge in [0.15, 0.2) is 0 Å². The van der Waals surface area contributed by atoms with Gasteiger partial charge in [-0.3, -0.25) is 4.79 Å². The number of anilines is 1. The third-order valence-corrected chi connectivity index (χ3v) is 3.65. The Morgan fingerprint density at radius 3 is 2.65 bits per heavy atom. The molecule has 108 valence electrons. The number of fused-ring (bicyclic) bond motifs is 2. The molecule has 0 fully saturated rings. The van der Waals surface area contributed by atoms with E-state index in [0.717, 1.165) is 21.8 Å². The van der Waals surface area contributed by atoms with Crippen molar-refractivity contribution in [3.8, 4) is 5.75 Å². The molecule has 0 N–H and O–H groups in total. The number of amides is 1. The Morgan fingerprint density at radius 1 is 1.30 bits per heavy atom. The molecular formula is C14H14F3NO2. The zero-order valence-electron chi connectivity index (χ0n) is 11.2. The van der Waals surface area contributed by atoms with E-state index in [4.69, 9.17) is 4.74 Å². The normalized spacial score (nSPS) is 19.6. The molecule has 0 atom stereocenters. The van der Waals surface area contributed by atoms with Crippen molar-refractivity contribution in [1.82, 2.24) is 0 Å². The van der Waals surface area contributed by atoms with Gasteiger partial charge < -0.3 is 9.64 Å². The van der Waals surface area contributed by atoms with Crippen LogP contribution in [0.2, 0.25) is 0 Å². The summed E-state index contributed by atoms with van der Waals surface area (Å²) in [6.07, 6.45) is -3.78. The molecule has 1 aromatic rings. The van der Waals surface area contributed by atoms with Gasteiger partial charge in [0.05, 0.1) is 0 Å². The molecule has 6 heteroatoms. The van der Waals surface area contributed by atoms with Crippen molar-refractivity contribution in [2.24, 2.45) is 0 Å². The van der Waals surface area contributed by atoms with Crippen LogP contribution in [0.3, 0.4) is 0 Å². The molecule has 20 heavy (non-hydrogen) atoms. The van der Waals surface area contributed by atoms with E-state index >= 15 is 0 Å². The molecular weight excluding hydrogens is 271 g/mol. The zero-order chi connectivity index (χ0) is 14.7. The molecule has 1 amide bonds. The molecule has 0 bridgehead atoms. The van der Waals surface area contributed by atoms with Gasteiger partial charge in [0, 0.05) is 24.2 Å². The fourth-order valence-electron chi connectivity index (χ4n) is 2.85. The lowest BCUT2D eigenvalue weighted by atomic mass is 10.00. The summed E-state index contributed by atoms with van der Waals surface area (Å²) in [6.45, 7) is 3.92. The molecule has 0 unspecified atom stereocenters. The molecule has 0 radical (unpaired) electrons. The van der Waals surface area contributed by atoms with E-state index in [1.807, 2.05) is 13.8 Å². The van der Waals surface area contributed by atoms with Crippen LogP contribution in [0, 0.1) is 0 Å². The maximum atomic E-state index is 12.6. The molecule has 0 saturated carbocycles. The Balaban J connectivity index is 1.98. The number of hydrogen-bond acceptors (Lipinski definition) is 2. The second-order valence-electron chi connectivity index (χ2n) is 5.83. The predicted octanol–water partition coefficient (Wildman–Crippen LogP) is 2.85. The van der Waals surface area contributed by atoms with Crippen LogP contribution < -0.4 is 9.64 Å². The van der Waals surface area contributed by atoms with Crippen molar-refractivity contribution < 1.29 is 22.7 Å². The highest BCUT2D eigenvalue weighted by molar-refractivity contribution is 5.99. The van der Waals surface area contributed by atoms with Gasteiger partial charge in [0.2, 0.25) is 0 Å². The topological polar surface area (TPSA) is 29.5 Å². The van der Waals surface area contributed by atoms with Crippen molar-refractivity contribution in [3.63, 3.8) is 0 Å². The highest BCUT2D eigenvalue weighted by atomic mass is 19.4. The number of benzene rings is 1. The van der Waals surface area contributed by atoms with Crippen LogP contribution >= 0.6 is 0 Å². The first-order valence-corrected chi connectivity index (χ1v) is 6.41. The minimum absolute atomic E-state index is 0.0694. The largest absolute Gasteiger partial charge is 0.487 e. The zero-order valence-corrected chi connectivity index (χ0v) is 11.2. The molecule has 3 rings (SSSR count). The Morgan fingerprint density at radius 2 is 2.00 bits per heavy atom. The lowest BCUT2D eigenvalue weighted by Gasteiger charge is -2.19. The number of ether oxygens (including phenoxy) is 1. The highest BCUT2D eigenvalue weighted by Crippen LogP contribution is 2.42. The monoisotopic (exact) mass is 285 g/mol. The lowest BCUT2D eigenvalue weighted by molar-refractivity contribution is -0.170. The van der Waals surface area contributed by atoms with Crippen LogP contribution in [0.15, 0.2) is 12.1 Å². The third-order valence-electron chi connectivity index (χ3n) is 3.65. The van der Waals surface area contributed by atoms with E-state index in [-0.39, 0.29) is 12.1 Å². The summed E-state index contributed by atoms with van der Waals surface area (Å²) in [5.41, 5.74) is 1.61. The molecule has 2 aliphatic rings. The fraction of sp³-hybridized carbons (Fsp3) is 0.500. The van der Waals surface area contributed by atoms with Gasteiger partial charge in [-0.15, -0.1) is 0 Å². The van der Waals surface area contributed by atoms with E-state index in [9.17, 15) is 18.0 Å². The minimum atomic E-state index is -4.84. The van der Waals surface area contributed by atoms with Crippen molar-refractivity contribution in [1.29, 1.82) is 0 Å². The molecule has 2 heterocycles. The molecule has 0 aromatic heterocycles. The van der Waals surface area contributed by atoms with E-state index in [1.165, 1.54) is 0 Å². The number of rotatable bonds is 0. The lowest BCUT2D eigenvalue weighted by Crippen LogP contribution is -2.40. The van der Waals surface area contributed by atoms with Crippen LogP contribution in [-0.2, 0) is 17.6 Å². The number of nitrogens with zero attached hydrogens (tertiary/aromatic N) is 1. The first-order chi connectivity index (χ1) is 9.17. The average Bonchev–Trinajstić information content (AvgIpc) is 2.81. The summed E-state index contributed by atoms with van der Waals surface area (Å²) < 4.78 is 43.5. The van der Waals surface area contributed by atoms with Crippen molar-refractivity contribution in [2.45, 2.75) is 38.5 Å². The van der Waals surface area contributed by atoms with Crippen LogP contribution in [0.5, 0.6) is 5.75 Å². The smallest absolute Gasteiger partial charge is 0.471 e. The van der Waals surface area contributed by atoms with Gasteiger partial charge >= 0.3 is 12.1 Å². The summed E-state index contributed by atoms with van der Waals surface area (Å²) in [5.74, 6) is -1.08. The highest BCUT2D eigenvalue weighted by Gasteiger charge is 2.45. The van der Waals surface area contributed by atoms with Crippen molar-refractivity contribution in [3.05, 3.63) is 23.3 Å².